The highest BCUT2D eigenvalue weighted by atomic mass is 16.1. The second-order valence-electron chi connectivity index (χ2n) is 3.73. The summed E-state index contributed by atoms with van der Waals surface area (Å²) < 4.78 is 0. The van der Waals surface area contributed by atoms with Crippen LogP contribution in [-0.4, -0.2) is 5.78 Å². The van der Waals surface area contributed by atoms with Crippen molar-refractivity contribution in [2.24, 2.45) is 5.92 Å². The number of Topliss-reactive ketones (excluding diaryl/α,β-unsaturated/α-hetero) is 1. The van der Waals surface area contributed by atoms with Crippen molar-refractivity contribution < 1.29 is 4.79 Å². The number of carbonyl (C=O) groups excluding carboxylic acids is 1. The van der Waals surface area contributed by atoms with Crippen LogP contribution in [0.3, 0.4) is 0 Å². The third-order valence-corrected chi connectivity index (χ3v) is 2.94. The predicted octanol–water partition coefficient (Wildman–Crippen LogP) is 2.47. The number of allylic oxidation sites excluding steroid dienone is 2. The van der Waals surface area contributed by atoms with Crippen LogP contribution in [0.4, 0.5) is 0 Å². The zero-order valence-corrected chi connectivity index (χ0v) is 7.02. The van der Waals surface area contributed by atoms with Gasteiger partial charge in [0.05, 0.1) is 0 Å². The van der Waals surface area contributed by atoms with E-state index in [1.807, 2.05) is 0 Å². The minimum atomic E-state index is 0.437. The number of hydrogen-bond acceptors (Lipinski definition) is 1. The van der Waals surface area contributed by atoms with Crippen molar-refractivity contribution in [2.75, 3.05) is 0 Å². The van der Waals surface area contributed by atoms with Crippen LogP contribution in [0.15, 0.2) is 11.1 Å². The van der Waals surface area contributed by atoms with Crippen molar-refractivity contribution in [1.29, 1.82) is 0 Å². The Labute approximate surface area is 67.5 Å². The van der Waals surface area contributed by atoms with Crippen molar-refractivity contribution >= 4 is 5.78 Å². The monoisotopic (exact) mass is 150 g/mol. The molecule has 1 atom stereocenters. The van der Waals surface area contributed by atoms with Gasteiger partial charge in [-0.05, 0) is 37.2 Å². The summed E-state index contributed by atoms with van der Waals surface area (Å²) in [5.41, 5.74) is 2.69. The molecule has 1 heteroatoms. The van der Waals surface area contributed by atoms with Crippen molar-refractivity contribution in [3.63, 3.8) is 0 Å². The molecule has 0 amide bonds. The standard InChI is InChI=1S/C10H14O/c1-7-3-2-4-8-5-6-9(11)10(7)8/h7H,2-6H2,1H3/t7-/m0/s1. The number of ketones is 1. The van der Waals surface area contributed by atoms with E-state index in [0.29, 0.717) is 11.7 Å². The number of rotatable bonds is 0. The molecule has 1 nitrogen and oxygen atoms in total. The molecule has 0 spiro atoms. The minimum Gasteiger partial charge on any atom is -0.295 e. The summed E-state index contributed by atoms with van der Waals surface area (Å²) >= 11 is 0. The van der Waals surface area contributed by atoms with Gasteiger partial charge in [-0.2, -0.15) is 0 Å². The molecule has 0 aromatic carbocycles. The highest BCUT2D eigenvalue weighted by Gasteiger charge is 2.29. The lowest BCUT2D eigenvalue weighted by atomic mass is 9.85. The molecule has 0 saturated heterocycles. The van der Waals surface area contributed by atoms with Crippen LogP contribution in [0, 0.1) is 5.92 Å². The average molecular weight is 150 g/mol. The third kappa shape index (κ3) is 1.03. The lowest BCUT2D eigenvalue weighted by molar-refractivity contribution is -0.115. The molecule has 2 aliphatic rings. The lowest BCUT2D eigenvalue weighted by Gasteiger charge is -2.19. The summed E-state index contributed by atoms with van der Waals surface area (Å²) in [4.78, 5) is 11.4. The highest BCUT2D eigenvalue weighted by Crippen LogP contribution is 2.37. The SMILES string of the molecule is C[C@H]1CCCC2=C1C(=O)CC2. The Morgan fingerprint density at radius 3 is 2.82 bits per heavy atom. The molecule has 0 bridgehead atoms. The van der Waals surface area contributed by atoms with Gasteiger partial charge in [-0.15, -0.1) is 0 Å². The van der Waals surface area contributed by atoms with Crippen molar-refractivity contribution in [3.05, 3.63) is 11.1 Å². The molecule has 11 heavy (non-hydrogen) atoms. The fourth-order valence-corrected chi connectivity index (χ4v) is 2.38. The zero-order valence-electron chi connectivity index (χ0n) is 7.02. The van der Waals surface area contributed by atoms with E-state index in [4.69, 9.17) is 0 Å². The van der Waals surface area contributed by atoms with Crippen LogP contribution in [0.2, 0.25) is 0 Å². The lowest BCUT2D eigenvalue weighted by Crippen LogP contribution is -2.11. The van der Waals surface area contributed by atoms with Gasteiger partial charge in [-0.25, -0.2) is 0 Å². The summed E-state index contributed by atoms with van der Waals surface area (Å²) in [5, 5.41) is 0. The maximum absolute atomic E-state index is 11.4. The Kier molecular flexibility index (Phi) is 1.59. The largest absolute Gasteiger partial charge is 0.295 e. The second kappa shape index (κ2) is 2.47. The Hall–Kier alpha value is -0.590. The second-order valence-corrected chi connectivity index (χ2v) is 3.73. The van der Waals surface area contributed by atoms with Crippen LogP contribution in [0.25, 0.3) is 0 Å². The molecular weight excluding hydrogens is 136 g/mol. The zero-order chi connectivity index (χ0) is 7.84. The van der Waals surface area contributed by atoms with Gasteiger partial charge in [-0.1, -0.05) is 12.5 Å². The van der Waals surface area contributed by atoms with Gasteiger partial charge in [0.15, 0.2) is 5.78 Å². The summed E-state index contributed by atoms with van der Waals surface area (Å²) in [6.45, 7) is 2.19. The third-order valence-electron chi connectivity index (χ3n) is 2.94. The predicted molar refractivity (Wildman–Crippen MR) is 44.3 cm³/mol. The normalized spacial score (nSPS) is 31.0. The maximum Gasteiger partial charge on any atom is 0.159 e. The smallest absolute Gasteiger partial charge is 0.159 e. The first-order valence-corrected chi connectivity index (χ1v) is 4.54. The fourth-order valence-electron chi connectivity index (χ4n) is 2.38. The highest BCUT2D eigenvalue weighted by molar-refractivity contribution is 5.99. The first-order valence-electron chi connectivity index (χ1n) is 4.54. The van der Waals surface area contributed by atoms with Crippen molar-refractivity contribution in [2.45, 2.75) is 39.0 Å². The molecule has 2 rings (SSSR count). The topological polar surface area (TPSA) is 17.1 Å². The molecule has 0 heterocycles. The van der Waals surface area contributed by atoms with E-state index in [9.17, 15) is 4.79 Å². The molecule has 0 N–H and O–H groups in total. The first kappa shape index (κ1) is 7.08. The van der Waals surface area contributed by atoms with Gasteiger partial charge in [-0.3, -0.25) is 4.79 Å². The average Bonchev–Trinajstić information content (AvgIpc) is 2.34. The molecule has 0 aliphatic heterocycles. The van der Waals surface area contributed by atoms with Gasteiger partial charge in [0.1, 0.15) is 0 Å². The van der Waals surface area contributed by atoms with Gasteiger partial charge >= 0.3 is 0 Å². The molecule has 0 aromatic heterocycles. The van der Waals surface area contributed by atoms with E-state index in [0.717, 1.165) is 12.8 Å². The van der Waals surface area contributed by atoms with Gasteiger partial charge in [0, 0.05) is 6.42 Å². The molecule has 0 fully saturated rings. The molecule has 0 aromatic rings. The Morgan fingerprint density at radius 2 is 2.09 bits per heavy atom. The van der Waals surface area contributed by atoms with Crippen LogP contribution in [0.1, 0.15) is 39.0 Å². The molecule has 0 unspecified atom stereocenters. The van der Waals surface area contributed by atoms with Crippen LogP contribution >= 0.6 is 0 Å². The first-order chi connectivity index (χ1) is 5.29. The van der Waals surface area contributed by atoms with E-state index < -0.39 is 0 Å². The Morgan fingerprint density at radius 1 is 1.27 bits per heavy atom. The van der Waals surface area contributed by atoms with Crippen LogP contribution in [0.5, 0.6) is 0 Å². The maximum atomic E-state index is 11.4. The summed E-state index contributed by atoms with van der Waals surface area (Å²) in [5.74, 6) is 1.00. The molecular formula is C10H14O. The summed E-state index contributed by atoms with van der Waals surface area (Å²) in [6.07, 6.45) is 5.59. The Balaban J connectivity index is 2.34. The van der Waals surface area contributed by atoms with E-state index in [1.165, 1.54) is 30.4 Å². The quantitative estimate of drug-likeness (QED) is 0.518. The number of hydrogen-bond donors (Lipinski definition) is 0. The van der Waals surface area contributed by atoms with Gasteiger partial charge in [0.2, 0.25) is 0 Å². The molecule has 60 valence electrons. The van der Waals surface area contributed by atoms with Crippen LogP contribution < -0.4 is 0 Å². The van der Waals surface area contributed by atoms with Gasteiger partial charge in [0.25, 0.3) is 0 Å². The molecule has 2 aliphatic carbocycles. The summed E-state index contributed by atoms with van der Waals surface area (Å²) in [6, 6.07) is 0. The van der Waals surface area contributed by atoms with E-state index in [2.05, 4.69) is 6.92 Å². The van der Waals surface area contributed by atoms with Crippen LogP contribution in [-0.2, 0) is 4.79 Å². The minimum absolute atomic E-state index is 0.437. The van der Waals surface area contributed by atoms with Gasteiger partial charge < -0.3 is 0 Å². The fraction of sp³-hybridized carbons (Fsp3) is 0.700. The van der Waals surface area contributed by atoms with Crippen molar-refractivity contribution in [3.8, 4) is 0 Å². The summed E-state index contributed by atoms with van der Waals surface area (Å²) in [7, 11) is 0. The van der Waals surface area contributed by atoms with E-state index in [-0.39, 0.29) is 0 Å². The van der Waals surface area contributed by atoms with E-state index >= 15 is 0 Å². The Bertz CT molecular complexity index is 225. The van der Waals surface area contributed by atoms with Crippen molar-refractivity contribution in [1.82, 2.24) is 0 Å². The molecule has 0 radical (unpaired) electrons. The number of carbonyl (C=O) groups is 1. The van der Waals surface area contributed by atoms with E-state index in [1.54, 1.807) is 0 Å². The molecule has 0 saturated carbocycles.